The molecule has 16 aromatic rings. The van der Waals surface area contributed by atoms with Gasteiger partial charge in [0.1, 0.15) is 0 Å². The van der Waals surface area contributed by atoms with Crippen molar-refractivity contribution in [2.24, 2.45) is 41.4 Å². The van der Waals surface area contributed by atoms with Crippen molar-refractivity contribution >= 4 is 110 Å². The molecular formula is C107H103N9. The fraction of sp³-hybridized carbons (Fsp3) is 0.327. The number of aromatic nitrogens is 4. The highest BCUT2D eigenvalue weighted by Crippen LogP contribution is 2.64. The third-order valence-electron chi connectivity index (χ3n) is 31.9. The van der Waals surface area contributed by atoms with E-state index in [4.69, 9.17) is 5.32 Å². The molecule has 9 fully saturated rings. The average molecular weight is 1520 g/mol. The minimum atomic E-state index is 0.245. The lowest BCUT2D eigenvalue weighted by molar-refractivity contribution is -0.0863. The molecular weight excluding hydrogens is 1410 g/mol. The number of anilines is 4. The van der Waals surface area contributed by atoms with E-state index in [9.17, 15) is 0 Å². The van der Waals surface area contributed by atoms with E-state index in [1.807, 2.05) is 0 Å². The van der Waals surface area contributed by atoms with Crippen LogP contribution in [0.2, 0.25) is 0 Å². The molecule has 9 aliphatic rings. The van der Waals surface area contributed by atoms with Crippen LogP contribution >= 0.6 is 0 Å². The fourth-order valence-electron chi connectivity index (χ4n) is 27.9. The zero-order valence-electron chi connectivity index (χ0n) is 66.4. The van der Waals surface area contributed by atoms with Gasteiger partial charge in [0.05, 0.1) is 46.2 Å². The van der Waals surface area contributed by atoms with Crippen LogP contribution in [-0.2, 0) is 0 Å². The highest BCUT2D eigenvalue weighted by atomic mass is 15.4. The highest BCUT2D eigenvalue weighted by molar-refractivity contribution is 6.13. The lowest BCUT2D eigenvalue weighted by Gasteiger charge is -2.67. The molecule has 12 aromatic carbocycles. The van der Waals surface area contributed by atoms with Crippen LogP contribution in [-0.4, -0.2) is 79.2 Å². The number of hydrogen-bond acceptors (Lipinski definition) is 5. The van der Waals surface area contributed by atoms with Gasteiger partial charge in [0.15, 0.2) is 0 Å². The van der Waals surface area contributed by atoms with Crippen molar-refractivity contribution in [3.8, 4) is 11.4 Å². The summed E-state index contributed by atoms with van der Waals surface area (Å²) in [6, 6.07) is 123. The van der Waals surface area contributed by atoms with Gasteiger partial charge in [-0.15, -0.1) is 0 Å². The minimum absolute atomic E-state index is 0.245. The normalized spacial score (nSPS) is 29.2. The third kappa shape index (κ3) is 10.4. The van der Waals surface area contributed by atoms with Crippen LogP contribution in [0.15, 0.2) is 303 Å². The quantitative estimate of drug-likeness (QED) is 0.154. The topological polar surface area (TPSA) is 44.7 Å². The van der Waals surface area contributed by atoms with Crippen LogP contribution in [0.25, 0.3) is 98.6 Å². The monoisotopic (exact) mass is 1510 g/mol. The Labute approximate surface area is 680 Å². The van der Waals surface area contributed by atoms with Gasteiger partial charge in [0.2, 0.25) is 0 Å². The van der Waals surface area contributed by atoms with Gasteiger partial charge in [-0.2, -0.15) is 0 Å². The van der Waals surface area contributed by atoms with E-state index in [2.05, 4.69) is 341 Å². The second kappa shape index (κ2) is 27.3. The van der Waals surface area contributed by atoms with Crippen molar-refractivity contribution in [1.82, 2.24) is 23.6 Å². The maximum Gasteiger partial charge on any atom is 0.0541 e. The smallest absolute Gasteiger partial charge is 0.0541 e. The van der Waals surface area contributed by atoms with Gasteiger partial charge < -0.3 is 43.2 Å². The summed E-state index contributed by atoms with van der Waals surface area (Å²) >= 11 is 0. The van der Waals surface area contributed by atoms with Gasteiger partial charge in [-0.1, -0.05) is 208 Å². The van der Waals surface area contributed by atoms with Crippen LogP contribution in [0.4, 0.5) is 22.7 Å². The predicted octanol–water partition coefficient (Wildman–Crippen LogP) is 24.5. The Bertz CT molecular complexity index is 5920. The first kappa shape index (κ1) is 68.2. The average Bonchev–Trinajstić information content (AvgIpc) is 0.941. The Morgan fingerprint density at radius 3 is 0.871 bits per heavy atom. The summed E-state index contributed by atoms with van der Waals surface area (Å²) in [5, 5.41) is 15.6. The molecule has 0 amide bonds. The number of nitrogens with zero attached hydrogens (tertiary/aromatic N) is 8. The van der Waals surface area contributed by atoms with Crippen molar-refractivity contribution in [2.45, 2.75) is 169 Å². The first-order chi connectivity index (χ1) is 57.6. The molecule has 576 valence electrons. The summed E-state index contributed by atoms with van der Waals surface area (Å²) in [7, 11) is 0. The molecule has 1 N–H and O–H groups in total. The van der Waals surface area contributed by atoms with Crippen LogP contribution in [0.1, 0.15) is 115 Å². The first-order valence-corrected chi connectivity index (χ1v) is 44.7. The maximum atomic E-state index is 4.94. The Kier molecular flexibility index (Phi) is 16.1. The molecule has 3 aliphatic heterocycles. The summed E-state index contributed by atoms with van der Waals surface area (Å²) in [6.45, 7) is 0.948. The molecule has 0 spiro atoms. The van der Waals surface area contributed by atoms with Gasteiger partial charge in [0, 0.05) is 148 Å². The van der Waals surface area contributed by atoms with Gasteiger partial charge in [-0.25, -0.2) is 0 Å². The number of fused-ring (bicyclic) bond motifs is 24. The Morgan fingerprint density at radius 2 is 0.491 bits per heavy atom. The SMILES string of the molecule is c1ccc(N2C3CCCCC3N(c3ccccc3)C3CC4C(CC32)C2CCC(n3c5ccccc5c5cc(-n6c7ccccc7c7ccccc76)ccc53)CC2C2CC3C(CC2C2NCC(n5c6ccccc6c6cc(-n7c8ccccc8c8ccccc87)ccc65)CC42)N(c2ccccc2)C2CCCCC2N3c2ccccc2)cc1. The van der Waals surface area contributed by atoms with E-state index in [1.165, 1.54) is 218 Å². The summed E-state index contributed by atoms with van der Waals surface area (Å²) < 4.78 is 10.9. The molecule has 0 bridgehead atoms. The van der Waals surface area contributed by atoms with Crippen LogP contribution in [0.5, 0.6) is 0 Å². The molecule has 9 heteroatoms. The Balaban J connectivity index is 0.689. The van der Waals surface area contributed by atoms with Gasteiger partial charge in [-0.05, 0) is 240 Å². The summed E-state index contributed by atoms with van der Waals surface area (Å²) in [6.07, 6.45) is 19.8. The summed E-state index contributed by atoms with van der Waals surface area (Å²) in [4.78, 5) is 12.5. The van der Waals surface area contributed by atoms with E-state index in [-0.39, 0.29) is 6.04 Å². The molecule has 18 unspecified atom stereocenters. The highest BCUT2D eigenvalue weighted by Gasteiger charge is 2.63. The molecule has 6 aliphatic carbocycles. The molecule has 4 aromatic heterocycles. The summed E-state index contributed by atoms with van der Waals surface area (Å²) in [5.74, 6) is 3.46. The van der Waals surface area contributed by atoms with Crippen molar-refractivity contribution < 1.29 is 0 Å². The van der Waals surface area contributed by atoms with Gasteiger partial charge in [0.25, 0.3) is 0 Å². The van der Waals surface area contributed by atoms with E-state index in [0.717, 1.165) is 13.0 Å². The molecule has 18 atom stereocenters. The van der Waals surface area contributed by atoms with Crippen LogP contribution < -0.4 is 24.9 Å². The van der Waals surface area contributed by atoms with Crippen LogP contribution in [0, 0.1) is 41.4 Å². The number of nitrogens with one attached hydrogen (secondary N) is 1. The fourth-order valence-corrected chi connectivity index (χ4v) is 27.9. The Morgan fingerprint density at radius 1 is 0.207 bits per heavy atom. The van der Waals surface area contributed by atoms with E-state index < -0.39 is 0 Å². The lowest BCUT2D eigenvalue weighted by atomic mass is 9.48. The van der Waals surface area contributed by atoms with E-state index in [1.54, 1.807) is 0 Å². The van der Waals surface area contributed by atoms with Crippen molar-refractivity contribution in [3.63, 3.8) is 0 Å². The van der Waals surface area contributed by atoms with Crippen molar-refractivity contribution in [3.05, 3.63) is 303 Å². The lowest BCUT2D eigenvalue weighted by Crippen LogP contribution is -2.74. The van der Waals surface area contributed by atoms with E-state index in [0.29, 0.717) is 102 Å². The zero-order chi connectivity index (χ0) is 75.8. The van der Waals surface area contributed by atoms with Gasteiger partial charge in [-0.3, -0.25) is 0 Å². The standard InChI is InChI=1S/C107H103N9/c1-5-29-68(30-6-1)109-99-49-25-26-50-100(99)110(69-31-7-2-8-32-69)104-65-86-84(63-103(104)109)76-56-53-72(115-95-47-23-17-41-81(95)87-60-73(54-57-97(87)115)113-91-43-19-13-37-77(91)78-38-14-20-44-92(78)113)59-83(76)85-64-105-106(112(71-35-11-4-12-36-71)102-52-28-27-51-101(102)111(105)70-33-9-3-10-34-70)66-90(85)107-89(86)62-75(67-108-107)116-96-48-24-18-42-82(96)88-61-74(55-58-98(88)116)114-93-45-21-15-39-79(93)80-40-16-22-46-94(80)114/h1-24,29-48,54-55,57-58,60-61,72,75-76,83-86,89-90,99-108H,25-28,49-53,56,59,62-67H2. The molecule has 7 heterocycles. The zero-order valence-corrected chi connectivity index (χ0v) is 66.4. The first-order valence-electron chi connectivity index (χ1n) is 44.7. The predicted molar refractivity (Wildman–Crippen MR) is 482 cm³/mol. The van der Waals surface area contributed by atoms with Crippen LogP contribution in [0.3, 0.4) is 0 Å². The number of para-hydroxylation sites is 10. The third-order valence-corrected chi connectivity index (χ3v) is 31.9. The molecule has 116 heavy (non-hydrogen) atoms. The van der Waals surface area contributed by atoms with Crippen molar-refractivity contribution in [1.29, 1.82) is 0 Å². The minimum Gasteiger partial charge on any atom is -0.361 e. The number of piperazine rings is 2. The maximum absolute atomic E-state index is 4.94. The molecule has 25 rings (SSSR count). The largest absolute Gasteiger partial charge is 0.361 e. The second-order valence-corrected chi connectivity index (χ2v) is 36.9. The number of rotatable bonds is 8. The molecule has 6 saturated carbocycles. The summed E-state index contributed by atoms with van der Waals surface area (Å²) in [5.41, 5.74) is 18.8. The van der Waals surface area contributed by atoms with E-state index >= 15 is 0 Å². The molecule has 3 saturated heterocycles. The van der Waals surface area contributed by atoms with Crippen molar-refractivity contribution in [2.75, 3.05) is 26.1 Å². The number of piperidine rings is 1. The molecule has 9 nitrogen and oxygen atoms in total. The second-order valence-electron chi connectivity index (χ2n) is 36.9. The number of benzene rings is 12. The Hall–Kier alpha value is -11.0. The van der Waals surface area contributed by atoms with Gasteiger partial charge >= 0.3 is 0 Å². The molecule has 0 radical (unpaired) electrons. The number of hydrogen-bond donors (Lipinski definition) is 1.